The van der Waals surface area contributed by atoms with Crippen molar-refractivity contribution in [2.45, 2.75) is 4.90 Å². The lowest BCUT2D eigenvalue weighted by atomic mass is 10.1. The molecule has 0 atom stereocenters. The molecule has 0 spiro atoms. The summed E-state index contributed by atoms with van der Waals surface area (Å²) in [5.41, 5.74) is 7.97. The second-order valence-corrected chi connectivity index (χ2v) is 7.12. The van der Waals surface area contributed by atoms with Gasteiger partial charge in [0, 0.05) is 10.9 Å². The van der Waals surface area contributed by atoms with Crippen LogP contribution in [0.3, 0.4) is 0 Å². The van der Waals surface area contributed by atoms with Gasteiger partial charge in [-0.3, -0.25) is 0 Å². The number of nitrogen functional groups attached to an aromatic ring is 1. The van der Waals surface area contributed by atoms with E-state index in [-0.39, 0.29) is 10.8 Å². The molecule has 3 N–H and O–H groups in total. The Bertz CT molecular complexity index is 919. The molecule has 3 rings (SSSR count). The zero-order valence-electron chi connectivity index (χ0n) is 11.1. The summed E-state index contributed by atoms with van der Waals surface area (Å²) < 4.78 is 27.0. The Kier molecular flexibility index (Phi) is 3.36. The van der Waals surface area contributed by atoms with E-state index in [9.17, 15) is 8.42 Å². The third-order valence-corrected chi connectivity index (χ3v) is 5.37. The Balaban J connectivity index is 2.20. The van der Waals surface area contributed by atoms with Gasteiger partial charge in [0.25, 0.3) is 0 Å². The second kappa shape index (κ2) is 5.06. The maximum Gasteiger partial charge on any atom is 0.240 e. The average Bonchev–Trinajstić information content (AvgIpc) is 2.90. The van der Waals surface area contributed by atoms with Crippen molar-refractivity contribution in [1.82, 2.24) is 14.7 Å². The number of anilines is 1. The number of aromatic nitrogens is 2. The smallest absolute Gasteiger partial charge is 0.240 e. The van der Waals surface area contributed by atoms with Gasteiger partial charge in [-0.1, -0.05) is 12.1 Å². The van der Waals surface area contributed by atoms with Crippen molar-refractivity contribution >= 4 is 37.5 Å². The van der Waals surface area contributed by atoms with Crippen LogP contribution in [0.1, 0.15) is 0 Å². The molecule has 6 nitrogen and oxygen atoms in total. The van der Waals surface area contributed by atoms with Crippen LogP contribution in [0.15, 0.2) is 40.7 Å². The highest BCUT2D eigenvalue weighted by Gasteiger charge is 2.14. The number of benzene rings is 1. The minimum Gasteiger partial charge on any atom is -0.368 e. The standard InChI is InChI=1S/C13H12N4O2S2/c1-15-21(18,19)9-4-2-3-8(5-9)10-7-20-11-6-16-13(14)17-12(10)11/h2-7,15H,1H3,(H2,14,16,17). The lowest BCUT2D eigenvalue weighted by Gasteiger charge is -2.05. The minimum atomic E-state index is -3.48. The fraction of sp³-hybridized carbons (Fsp3) is 0.0769. The number of rotatable bonds is 3. The molecule has 0 saturated heterocycles. The molecule has 0 unspecified atom stereocenters. The number of hydrogen-bond donors (Lipinski definition) is 2. The van der Waals surface area contributed by atoms with E-state index in [1.807, 2.05) is 11.4 Å². The van der Waals surface area contributed by atoms with E-state index in [4.69, 9.17) is 5.73 Å². The first-order chi connectivity index (χ1) is 10.0. The van der Waals surface area contributed by atoms with Crippen molar-refractivity contribution in [2.75, 3.05) is 12.8 Å². The topological polar surface area (TPSA) is 98.0 Å². The number of nitrogens with zero attached hydrogens (tertiary/aromatic N) is 2. The van der Waals surface area contributed by atoms with E-state index >= 15 is 0 Å². The van der Waals surface area contributed by atoms with Crippen LogP contribution in [0.4, 0.5) is 5.95 Å². The number of sulfonamides is 1. The van der Waals surface area contributed by atoms with E-state index in [2.05, 4.69) is 14.7 Å². The van der Waals surface area contributed by atoms with Crippen molar-refractivity contribution < 1.29 is 8.42 Å². The summed E-state index contributed by atoms with van der Waals surface area (Å²) in [4.78, 5) is 8.40. The predicted molar refractivity (Wildman–Crippen MR) is 83.5 cm³/mol. The number of nitrogens with two attached hydrogens (primary N) is 1. The van der Waals surface area contributed by atoms with Gasteiger partial charge in [0.2, 0.25) is 16.0 Å². The van der Waals surface area contributed by atoms with E-state index in [1.54, 1.807) is 24.4 Å². The molecule has 2 heterocycles. The van der Waals surface area contributed by atoms with Crippen LogP contribution >= 0.6 is 11.3 Å². The van der Waals surface area contributed by atoms with Crippen LogP contribution in [0.2, 0.25) is 0 Å². The van der Waals surface area contributed by atoms with Gasteiger partial charge in [0.15, 0.2) is 0 Å². The summed E-state index contributed by atoms with van der Waals surface area (Å²) in [6.07, 6.45) is 1.67. The molecule has 0 aliphatic rings. The molecule has 21 heavy (non-hydrogen) atoms. The number of thiophene rings is 1. The summed E-state index contributed by atoms with van der Waals surface area (Å²) in [5.74, 6) is 0.196. The molecule has 0 radical (unpaired) electrons. The van der Waals surface area contributed by atoms with Crippen molar-refractivity contribution in [3.8, 4) is 11.1 Å². The van der Waals surface area contributed by atoms with Gasteiger partial charge in [-0.05, 0) is 24.7 Å². The molecular weight excluding hydrogens is 308 g/mol. The van der Waals surface area contributed by atoms with Gasteiger partial charge in [0.1, 0.15) is 0 Å². The molecule has 108 valence electrons. The van der Waals surface area contributed by atoms with Gasteiger partial charge in [0.05, 0.1) is 21.3 Å². The number of nitrogens with one attached hydrogen (secondary N) is 1. The highest BCUT2D eigenvalue weighted by atomic mass is 32.2. The molecule has 8 heteroatoms. The van der Waals surface area contributed by atoms with Gasteiger partial charge in [-0.25, -0.2) is 23.1 Å². The van der Waals surface area contributed by atoms with Crippen molar-refractivity contribution in [1.29, 1.82) is 0 Å². The van der Waals surface area contributed by atoms with Crippen LogP contribution in [0.25, 0.3) is 21.3 Å². The molecule has 0 aliphatic heterocycles. The van der Waals surface area contributed by atoms with Crippen LogP contribution in [-0.4, -0.2) is 25.4 Å². The molecular formula is C13H12N4O2S2. The summed E-state index contributed by atoms with van der Waals surface area (Å²) in [7, 11) is -2.09. The van der Waals surface area contributed by atoms with Gasteiger partial charge < -0.3 is 5.73 Å². The maximum atomic E-state index is 11.9. The normalized spacial score (nSPS) is 11.9. The van der Waals surface area contributed by atoms with Crippen LogP contribution < -0.4 is 10.5 Å². The van der Waals surface area contributed by atoms with Crippen LogP contribution in [0, 0.1) is 0 Å². The lowest BCUT2D eigenvalue weighted by molar-refractivity contribution is 0.588. The zero-order valence-corrected chi connectivity index (χ0v) is 12.7. The first-order valence-electron chi connectivity index (χ1n) is 6.05. The molecule has 1 aromatic carbocycles. The molecule has 0 bridgehead atoms. The maximum absolute atomic E-state index is 11.9. The summed E-state index contributed by atoms with van der Waals surface area (Å²) in [5, 5.41) is 1.92. The zero-order chi connectivity index (χ0) is 15.0. The summed E-state index contributed by atoms with van der Waals surface area (Å²) >= 11 is 1.49. The summed E-state index contributed by atoms with van der Waals surface area (Å²) in [6, 6.07) is 6.71. The van der Waals surface area contributed by atoms with Gasteiger partial charge in [-0.15, -0.1) is 11.3 Å². The predicted octanol–water partition coefficient (Wildman–Crippen LogP) is 1.85. The molecule has 0 aliphatic carbocycles. The molecule has 0 fully saturated rings. The number of fused-ring (bicyclic) bond motifs is 1. The Hall–Kier alpha value is -2.03. The van der Waals surface area contributed by atoms with Crippen molar-refractivity contribution in [3.05, 3.63) is 35.8 Å². The SMILES string of the molecule is CNS(=O)(=O)c1cccc(-c2csc3cnc(N)nc23)c1. The molecule has 0 amide bonds. The quantitative estimate of drug-likeness (QED) is 0.767. The molecule has 2 aromatic heterocycles. The Morgan fingerprint density at radius 3 is 2.90 bits per heavy atom. The fourth-order valence-corrected chi connectivity index (χ4v) is 3.64. The van der Waals surface area contributed by atoms with E-state index in [0.29, 0.717) is 0 Å². The minimum absolute atomic E-state index is 0.196. The number of hydrogen-bond acceptors (Lipinski definition) is 6. The molecule has 0 saturated carbocycles. The Labute approximate surface area is 125 Å². The highest BCUT2D eigenvalue weighted by molar-refractivity contribution is 7.89. The van der Waals surface area contributed by atoms with Gasteiger partial charge >= 0.3 is 0 Å². The first kappa shape index (κ1) is 13.9. The Morgan fingerprint density at radius 2 is 2.14 bits per heavy atom. The lowest BCUT2D eigenvalue weighted by Crippen LogP contribution is -2.18. The third-order valence-electron chi connectivity index (χ3n) is 3.06. The summed E-state index contributed by atoms with van der Waals surface area (Å²) in [6.45, 7) is 0. The van der Waals surface area contributed by atoms with Crippen molar-refractivity contribution in [3.63, 3.8) is 0 Å². The monoisotopic (exact) mass is 320 g/mol. The van der Waals surface area contributed by atoms with E-state index in [1.165, 1.54) is 18.4 Å². The van der Waals surface area contributed by atoms with Gasteiger partial charge in [-0.2, -0.15) is 0 Å². The average molecular weight is 320 g/mol. The largest absolute Gasteiger partial charge is 0.368 e. The second-order valence-electron chi connectivity index (χ2n) is 4.33. The van der Waals surface area contributed by atoms with Crippen LogP contribution in [0.5, 0.6) is 0 Å². The third kappa shape index (κ3) is 2.48. The highest BCUT2D eigenvalue weighted by Crippen LogP contribution is 2.33. The van der Waals surface area contributed by atoms with E-state index in [0.717, 1.165) is 21.3 Å². The molecule has 3 aromatic rings. The first-order valence-corrected chi connectivity index (χ1v) is 8.41. The van der Waals surface area contributed by atoms with Crippen LogP contribution in [-0.2, 0) is 10.0 Å². The van der Waals surface area contributed by atoms with E-state index < -0.39 is 10.0 Å². The van der Waals surface area contributed by atoms with Crippen molar-refractivity contribution in [2.24, 2.45) is 0 Å². The fourth-order valence-electron chi connectivity index (χ4n) is 2.00. The Morgan fingerprint density at radius 1 is 1.33 bits per heavy atom.